The molecule has 0 saturated heterocycles. The van der Waals surface area contributed by atoms with Crippen LogP contribution in [0.25, 0.3) is 0 Å². The molecule has 0 amide bonds. The van der Waals surface area contributed by atoms with E-state index in [1.165, 1.54) is 18.3 Å². The van der Waals surface area contributed by atoms with E-state index in [1.807, 2.05) is 12.1 Å². The predicted molar refractivity (Wildman–Crippen MR) is 88.0 cm³/mol. The Kier molecular flexibility index (Phi) is 5.80. The quantitative estimate of drug-likeness (QED) is 0.414. The molecule has 0 bridgehead atoms. The molecule has 0 radical (unpaired) electrons. The molecular formula is C18H13LiNO3P. The summed E-state index contributed by atoms with van der Waals surface area (Å²) in [5.74, 6) is -1.39. The monoisotopic (exact) mass is 329 g/mol. The second-order valence-corrected chi connectivity index (χ2v) is 7.62. The summed E-state index contributed by atoms with van der Waals surface area (Å²) in [7, 11) is -3.40. The van der Waals surface area contributed by atoms with Crippen molar-refractivity contribution in [2.75, 3.05) is 0 Å². The number of aromatic nitrogens is 1. The SMILES string of the molecule is O=C([O-])c1cccnc1P(=O)(c1ccccc1)c1ccccc1.[Li+]. The molecular weight excluding hydrogens is 316 g/mol. The molecule has 0 fully saturated rings. The van der Waals surface area contributed by atoms with Gasteiger partial charge in [-0.3, -0.25) is 4.98 Å². The molecule has 0 unspecified atom stereocenters. The Bertz CT molecular complexity index is 842. The molecule has 3 aromatic rings. The average Bonchev–Trinajstić information content (AvgIpc) is 2.62. The Balaban J connectivity index is 0.00000208. The van der Waals surface area contributed by atoms with Crippen LogP contribution >= 0.6 is 7.14 Å². The third kappa shape index (κ3) is 3.23. The normalized spacial score (nSPS) is 10.7. The number of aromatic carboxylic acids is 1. The summed E-state index contributed by atoms with van der Waals surface area (Å²) in [6.45, 7) is 0. The summed E-state index contributed by atoms with van der Waals surface area (Å²) in [4.78, 5) is 15.6. The summed E-state index contributed by atoms with van der Waals surface area (Å²) < 4.78 is 14.0. The Morgan fingerprint density at radius 2 is 1.33 bits per heavy atom. The van der Waals surface area contributed by atoms with Crippen LogP contribution in [0.5, 0.6) is 0 Å². The van der Waals surface area contributed by atoms with Crippen molar-refractivity contribution in [1.82, 2.24) is 4.98 Å². The van der Waals surface area contributed by atoms with Crippen molar-refractivity contribution in [2.45, 2.75) is 0 Å². The van der Waals surface area contributed by atoms with Gasteiger partial charge in [-0.2, -0.15) is 0 Å². The molecule has 114 valence electrons. The Morgan fingerprint density at radius 3 is 1.79 bits per heavy atom. The fourth-order valence-corrected chi connectivity index (χ4v) is 5.18. The number of hydrogen-bond donors (Lipinski definition) is 0. The van der Waals surface area contributed by atoms with Crippen LogP contribution in [0.2, 0.25) is 0 Å². The first kappa shape index (κ1) is 18.2. The standard InChI is InChI=1S/C18H14NO3P.Li/c20-18(21)16-12-7-13-19-17(16)23(22,14-8-3-1-4-9-14)15-10-5-2-6-11-15;/h1-13H,(H,20,21);/q;+1/p-1. The average molecular weight is 329 g/mol. The third-order valence-corrected chi connectivity index (χ3v) is 6.55. The van der Waals surface area contributed by atoms with E-state index in [-0.39, 0.29) is 29.9 Å². The molecule has 4 nitrogen and oxygen atoms in total. The summed E-state index contributed by atoms with van der Waals surface area (Å²) in [6.07, 6.45) is 1.44. The summed E-state index contributed by atoms with van der Waals surface area (Å²) in [5.41, 5.74) is -0.110. The van der Waals surface area contributed by atoms with Gasteiger partial charge in [-0.05, 0) is 12.1 Å². The molecule has 0 saturated carbocycles. The molecule has 0 N–H and O–H groups in total. The smallest absolute Gasteiger partial charge is 0.545 e. The molecule has 3 rings (SSSR count). The van der Waals surface area contributed by atoms with Gasteiger partial charge in [-0.1, -0.05) is 60.7 Å². The van der Waals surface area contributed by atoms with Crippen LogP contribution in [0, 0.1) is 0 Å². The van der Waals surface area contributed by atoms with Crippen molar-refractivity contribution in [1.29, 1.82) is 0 Å². The Labute approximate surface area is 152 Å². The van der Waals surface area contributed by atoms with Gasteiger partial charge in [0, 0.05) is 22.4 Å². The second kappa shape index (κ2) is 7.64. The van der Waals surface area contributed by atoms with E-state index in [0.29, 0.717) is 10.6 Å². The number of nitrogens with zero attached hydrogens (tertiary/aromatic N) is 1. The first-order chi connectivity index (χ1) is 11.1. The zero-order chi connectivity index (χ0) is 16.3. The number of carboxylic acids is 1. The van der Waals surface area contributed by atoms with Crippen LogP contribution in [-0.2, 0) is 4.57 Å². The van der Waals surface area contributed by atoms with Crippen molar-refractivity contribution in [3.8, 4) is 0 Å². The number of hydrogen-bond acceptors (Lipinski definition) is 4. The zero-order valence-corrected chi connectivity index (χ0v) is 14.0. The van der Waals surface area contributed by atoms with Crippen LogP contribution in [0.3, 0.4) is 0 Å². The zero-order valence-electron chi connectivity index (χ0n) is 13.1. The Hall–Kier alpha value is -2.11. The van der Waals surface area contributed by atoms with E-state index in [1.54, 1.807) is 48.5 Å². The maximum atomic E-state index is 14.0. The molecule has 2 aromatic carbocycles. The number of rotatable bonds is 4. The van der Waals surface area contributed by atoms with E-state index in [4.69, 9.17) is 0 Å². The van der Waals surface area contributed by atoms with Gasteiger partial charge in [-0.15, -0.1) is 0 Å². The maximum Gasteiger partial charge on any atom is 1.00 e. The minimum absolute atomic E-state index is 0. The summed E-state index contributed by atoms with van der Waals surface area (Å²) >= 11 is 0. The van der Waals surface area contributed by atoms with Gasteiger partial charge < -0.3 is 14.5 Å². The molecule has 6 heteroatoms. The van der Waals surface area contributed by atoms with Crippen molar-refractivity contribution in [2.24, 2.45) is 0 Å². The fraction of sp³-hybridized carbons (Fsp3) is 0. The molecule has 0 atom stereocenters. The van der Waals surface area contributed by atoms with E-state index in [0.717, 1.165) is 0 Å². The van der Waals surface area contributed by atoms with Gasteiger partial charge in [0.2, 0.25) is 0 Å². The summed E-state index contributed by atoms with van der Waals surface area (Å²) in [6, 6.07) is 20.5. The van der Waals surface area contributed by atoms with E-state index < -0.39 is 13.1 Å². The van der Waals surface area contributed by atoms with Gasteiger partial charge in [0.1, 0.15) is 5.44 Å². The molecule has 0 aliphatic carbocycles. The topological polar surface area (TPSA) is 70.1 Å². The van der Waals surface area contributed by atoms with E-state index in [2.05, 4.69) is 4.98 Å². The summed E-state index contributed by atoms with van der Waals surface area (Å²) in [5, 5.41) is 12.5. The van der Waals surface area contributed by atoms with E-state index in [9.17, 15) is 14.5 Å². The van der Waals surface area contributed by atoms with E-state index >= 15 is 0 Å². The number of carbonyl (C=O) groups is 1. The van der Waals surface area contributed by atoms with Crippen molar-refractivity contribution < 1.29 is 33.3 Å². The van der Waals surface area contributed by atoms with Gasteiger partial charge in [0.05, 0.1) is 5.97 Å². The van der Waals surface area contributed by atoms with Crippen LogP contribution in [0.4, 0.5) is 0 Å². The molecule has 1 heterocycles. The van der Waals surface area contributed by atoms with Crippen LogP contribution in [0.1, 0.15) is 10.4 Å². The van der Waals surface area contributed by atoms with Crippen molar-refractivity contribution >= 4 is 29.2 Å². The minimum atomic E-state index is -3.40. The van der Waals surface area contributed by atoms with Crippen molar-refractivity contribution in [3.63, 3.8) is 0 Å². The molecule has 1 aromatic heterocycles. The molecule has 0 aliphatic rings. The minimum Gasteiger partial charge on any atom is -0.545 e. The predicted octanol–water partition coefficient (Wildman–Crippen LogP) is -1.91. The number of carbonyl (C=O) groups excluding carboxylic acids is 1. The van der Waals surface area contributed by atoms with Crippen molar-refractivity contribution in [3.05, 3.63) is 84.6 Å². The Morgan fingerprint density at radius 1 is 0.833 bits per heavy atom. The number of benzene rings is 2. The van der Waals surface area contributed by atoms with Crippen LogP contribution < -0.4 is 40.0 Å². The second-order valence-electron chi connectivity index (χ2n) is 4.94. The largest absolute Gasteiger partial charge is 1.00 e. The molecule has 0 aliphatic heterocycles. The van der Waals surface area contributed by atoms with Gasteiger partial charge in [0.25, 0.3) is 0 Å². The van der Waals surface area contributed by atoms with Crippen LogP contribution in [-0.4, -0.2) is 11.0 Å². The number of pyridine rings is 1. The molecule has 24 heavy (non-hydrogen) atoms. The van der Waals surface area contributed by atoms with Gasteiger partial charge in [0.15, 0.2) is 7.14 Å². The van der Waals surface area contributed by atoms with Gasteiger partial charge >= 0.3 is 18.9 Å². The van der Waals surface area contributed by atoms with Crippen LogP contribution in [0.15, 0.2) is 79.0 Å². The maximum absolute atomic E-state index is 14.0. The van der Waals surface area contributed by atoms with Gasteiger partial charge in [-0.25, -0.2) is 0 Å². The first-order valence-electron chi connectivity index (χ1n) is 7.02. The first-order valence-corrected chi connectivity index (χ1v) is 8.73. The third-order valence-electron chi connectivity index (χ3n) is 3.54. The number of carboxylic acid groups (broad SMARTS) is 1. The molecule has 0 spiro atoms. The fourth-order valence-electron chi connectivity index (χ4n) is 2.48.